The van der Waals surface area contributed by atoms with E-state index in [4.69, 9.17) is 0 Å². The van der Waals surface area contributed by atoms with E-state index in [9.17, 15) is 5.11 Å². The number of hydrogen-bond acceptors (Lipinski definition) is 3. The number of likely N-dealkylation sites (tertiary alicyclic amines) is 1. The number of aliphatic hydroxyl groups excluding tert-OH is 1. The fraction of sp³-hybridized carbons (Fsp3) is 0.636. The second kappa shape index (κ2) is 4.43. The van der Waals surface area contributed by atoms with Gasteiger partial charge in [-0.15, -0.1) is 11.3 Å². The lowest BCUT2D eigenvalue weighted by Crippen LogP contribution is -2.39. The summed E-state index contributed by atoms with van der Waals surface area (Å²) in [5.41, 5.74) is 0. The van der Waals surface area contributed by atoms with E-state index in [1.54, 1.807) is 11.3 Å². The summed E-state index contributed by atoms with van der Waals surface area (Å²) in [7, 11) is 0. The van der Waals surface area contributed by atoms with Gasteiger partial charge in [-0.1, -0.05) is 6.07 Å². The van der Waals surface area contributed by atoms with Crippen LogP contribution in [0.3, 0.4) is 0 Å². The Morgan fingerprint density at radius 1 is 1.64 bits per heavy atom. The molecule has 1 aliphatic rings. The Bertz CT molecular complexity index is 273. The summed E-state index contributed by atoms with van der Waals surface area (Å²) in [6.07, 6.45) is 1.97. The highest BCUT2D eigenvalue weighted by Crippen LogP contribution is 2.27. The van der Waals surface area contributed by atoms with Crippen LogP contribution in [0.2, 0.25) is 0 Å². The molecule has 0 saturated carbocycles. The maximum Gasteiger partial charge on any atom is 0.0667 e. The van der Waals surface area contributed by atoms with Crippen molar-refractivity contribution in [3.63, 3.8) is 0 Å². The highest BCUT2D eigenvalue weighted by Gasteiger charge is 2.23. The predicted octanol–water partition coefficient (Wildman–Crippen LogP) is 2.27. The van der Waals surface area contributed by atoms with Gasteiger partial charge in [-0.2, -0.15) is 0 Å². The molecule has 0 radical (unpaired) electrons. The molecule has 0 unspecified atom stereocenters. The molecule has 1 saturated heterocycles. The van der Waals surface area contributed by atoms with Gasteiger partial charge in [0.25, 0.3) is 0 Å². The zero-order valence-corrected chi connectivity index (χ0v) is 9.33. The van der Waals surface area contributed by atoms with Crippen LogP contribution >= 0.6 is 11.3 Å². The maximum absolute atomic E-state index is 9.59. The average Bonchev–Trinajstić information content (AvgIpc) is 2.69. The number of thiophene rings is 1. The summed E-state index contributed by atoms with van der Waals surface area (Å²) in [5.74, 6) is 0. The Morgan fingerprint density at radius 2 is 2.50 bits per heavy atom. The van der Waals surface area contributed by atoms with Gasteiger partial charge in [0, 0.05) is 17.5 Å². The van der Waals surface area contributed by atoms with E-state index >= 15 is 0 Å². The van der Waals surface area contributed by atoms with Crippen molar-refractivity contribution < 1.29 is 5.11 Å². The molecule has 1 N–H and O–H groups in total. The molecule has 2 rings (SSSR count). The Kier molecular flexibility index (Phi) is 3.21. The van der Waals surface area contributed by atoms with Crippen LogP contribution in [0.4, 0.5) is 0 Å². The van der Waals surface area contributed by atoms with Crippen LogP contribution in [0.1, 0.15) is 30.7 Å². The molecule has 3 heteroatoms. The second-order valence-corrected chi connectivity index (χ2v) is 4.96. The summed E-state index contributed by atoms with van der Waals surface area (Å²) in [5, 5.41) is 11.7. The zero-order valence-electron chi connectivity index (χ0n) is 8.52. The van der Waals surface area contributed by atoms with E-state index in [1.807, 2.05) is 0 Å². The molecule has 2 nitrogen and oxygen atoms in total. The quantitative estimate of drug-likeness (QED) is 0.811. The van der Waals surface area contributed by atoms with Crippen LogP contribution in [-0.4, -0.2) is 29.2 Å². The van der Waals surface area contributed by atoms with Gasteiger partial charge in [-0.05, 0) is 37.8 Å². The molecule has 0 bridgehead atoms. The molecular formula is C11H17NOS. The highest BCUT2D eigenvalue weighted by atomic mass is 32.1. The molecule has 1 aromatic heterocycles. The van der Waals surface area contributed by atoms with Crippen molar-refractivity contribution in [3.8, 4) is 0 Å². The summed E-state index contributed by atoms with van der Waals surface area (Å²) < 4.78 is 0. The fourth-order valence-corrected chi connectivity index (χ4v) is 2.86. The van der Waals surface area contributed by atoms with Crippen LogP contribution < -0.4 is 0 Å². The SMILES string of the molecule is C[C@@H](c1cccs1)N1CCC[C@H](O)C1. The smallest absolute Gasteiger partial charge is 0.0667 e. The Labute approximate surface area is 89.2 Å². The number of hydrogen-bond donors (Lipinski definition) is 1. The van der Waals surface area contributed by atoms with Crippen molar-refractivity contribution in [2.75, 3.05) is 13.1 Å². The lowest BCUT2D eigenvalue weighted by molar-refractivity contribution is 0.0511. The minimum atomic E-state index is -0.119. The maximum atomic E-state index is 9.59. The first-order valence-electron chi connectivity index (χ1n) is 5.23. The largest absolute Gasteiger partial charge is 0.392 e. The minimum absolute atomic E-state index is 0.119. The van der Waals surface area contributed by atoms with Gasteiger partial charge in [0.1, 0.15) is 0 Å². The van der Waals surface area contributed by atoms with Crippen molar-refractivity contribution in [2.24, 2.45) is 0 Å². The van der Waals surface area contributed by atoms with E-state index in [2.05, 4.69) is 29.3 Å². The zero-order chi connectivity index (χ0) is 9.97. The molecule has 0 amide bonds. The van der Waals surface area contributed by atoms with E-state index in [0.29, 0.717) is 6.04 Å². The van der Waals surface area contributed by atoms with Crippen molar-refractivity contribution >= 4 is 11.3 Å². The van der Waals surface area contributed by atoms with E-state index < -0.39 is 0 Å². The number of β-amino-alcohol motifs (C(OH)–C–C–N with tert-alkyl or cyclic N) is 1. The molecule has 78 valence electrons. The first kappa shape index (κ1) is 10.1. The van der Waals surface area contributed by atoms with Gasteiger partial charge in [-0.25, -0.2) is 0 Å². The summed E-state index contributed by atoms with van der Waals surface area (Å²) >= 11 is 1.80. The molecule has 0 aromatic carbocycles. The molecule has 1 fully saturated rings. The minimum Gasteiger partial charge on any atom is -0.392 e. The van der Waals surface area contributed by atoms with Crippen molar-refractivity contribution in [3.05, 3.63) is 22.4 Å². The first-order chi connectivity index (χ1) is 6.77. The number of aliphatic hydroxyl groups is 1. The van der Waals surface area contributed by atoms with Crippen LogP contribution in [0.5, 0.6) is 0 Å². The molecule has 0 spiro atoms. The highest BCUT2D eigenvalue weighted by molar-refractivity contribution is 7.10. The van der Waals surface area contributed by atoms with Gasteiger partial charge in [-0.3, -0.25) is 4.90 Å². The van der Waals surface area contributed by atoms with Crippen LogP contribution in [0.15, 0.2) is 17.5 Å². The number of rotatable bonds is 2. The van der Waals surface area contributed by atoms with Gasteiger partial charge >= 0.3 is 0 Å². The molecule has 1 aromatic rings. The van der Waals surface area contributed by atoms with Gasteiger partial charge in [0.2, 0.25) is 0 Å². The Morgan fingerprint density at radius 3 is 3.14 bits per heavy atom. The lowest BCUT2D eigenvalue weighted by atomic mass is 10.1. The van der Waals surface area contributed by atoms with E-state index in [-0.39, 0.29) is 6.10 Å². The number of piperidine rings is 1. The van der Waals surface area contributed by atoms with Crippen molar-refractivity contribution in [1.82, 2.24) is 4.90 Å². The van der Waals surface area contributed by atoms with Crippen LogP contribution in [0, 0.1) is 0 Å². The Balaban J connectivity index is 2.00. The predicted molar refractivity (Wildman–Crippen MR) is 59.5 cm³/mol. The standard InChI is InChI=1S/C11H17NOS/c1-9(11-5-3-7-14-11)12-6-2-4-10(13)8-12/h3,5,7,9-10,13H,2,4,6,8H2,1H3/t9-,10-/m0/s1. The van der Waals surface area contributed by atoms with Crippen molar-refractivity contribution in [1.29, 1.82) is 0 Å². The molecule has 1 aliphatic heterocycles. The molecular weight excluding hydrogens is 194 g/mol. The van der Waals surface area contributed by atoms with Gasteiger partial charge < -0.3 is 5.11 Å². The third-order valence-electron chi connectivity index (χ3n) is 2.93. The Hall–Kier alpha value is -0.380. The molecule has 14 heavy (non-hydrogen) atoms. The fourth-order valence-electron chi connectivity index (χ4n) is 2.04. The normalized spacial score (nSPS) is 26.3. The average molecular weight is 211 g/mol. The summed E-state index contributed by atoms with van der Waals surface area (Å²) in [6.45, 7) is 4.18. The number of nitrogens with zero attached hydrogens (tertiary/aromatic N) is 1. The summed E-state index contributed by atoms with van der Waals surface area (Å²) in [4.78, 5) is 3.78. The van der Waals surface area contributed by atoms with Crippen molar-refractivity contribution in [2.45, 2.75) is 31.9 Å². The molecule has 2 atom stereocenters. The monoisotopic (exact) mass is 211 g/mol. The summed E-state index contributed by atoms with van der Waals surface area (Å²) in [6, 6.07) is 4.73. The first-order valence-corrected chi connectivity index (χ1v) is 6.11. The second-order valence-electron chi connectivity index (χ2n) is 3.98. The van der Waals surface area contributed by atoms with Gasteiger partial charge in [0.05, 0.1) is 6.10 Å². The van der Waals surface area contributed by atoms with Gasteiger partial charge in [0.15, 0.2) is 0 Å². The van der Waals surface area contributed by atoms with Crippen LogP contribution in [0.25, 0.3) is 0 Å². The van der Waals surface area contributed by atoms with E-state index in [0.717, 1.165) is 25.9 Å². The molecule has 2 heterocycles. The van der Waals surface area contributed by atoms with Crippen LogP contribution in [-0.2, 0) is 0 Å². The lowest BCUT2D eigenvalue weighted by Gasteiger charge is -2.34. The topological polar surface area (TPSA) is 23.5 Å². The molecule has 0 aliphatic carbocycles. The third kappa shape index (κ3) is 2.16. The van der Waals surface area contributed by atoms with E-state index in [1.165, 1.54) is 4.88 Å². The third-order valence-corrected chi connectivity index (χ3v) is 3.97.